The van der Waals surface area contributed by atoms with E-state index >= 15 is 0 Å². The minimum absolute atomic E-state index is 0.0173. The van der Waals surface area contributed by atoms with Crippen molar-refractivity contribution >= 4 is 17.6 Å². The van der Waals surface area contributed by atoms with Crippen molar-refractivity contribution < 1.29 is 9.59 Å². The number of nitrogens with one attached hydrogen (secondary N) is 2. The molecule has 0 radical (unpaired) electrons. The second-order valence-corrected chi connectivity index (χ2v) is 7.35. The van der Waals surface area contributed by atoms with E-state index in [9.17, 15) is 9.59 Å². The van der Waals surface area contributed by atoms with Crippen molar-refractivity contribution in [1.82, 2.24) is 10.3 Å². The monoisotopic (exact) mass is 331 g/mol. The lowest BCUT2D eigenvalue weighted by molar-refractivity contribution is -0.130. The van der Waals surface area contributed by atoms with Crippen molar-refractivity contribution in [2.75, 3.05) is 5.32 Å². The fraction of sp³-hybridized carbons (Fsp3) is 0.632. The number of pyridine rings is 1. The van der Waals surface area contributed by atoms with Crippen LogP contribution in [0.3, 0.4) is 0 Å². The van der Waals surface area contributed by atoms with E-state index in [-0.39, 0.29) is 17.7 Å². The maximum atomic E-state index is 12.6. The minimum Gasteiger partial charge on any atom is -0.344 e. The van der Waals surface area contributed by atoms with Gasteiger partial charge in [-0.3, -0.25) is 9.59 Å². The molecule has 1 atom stereocenters. The van der Waals surface area contributed by atoms with Crippen LogP contribution in [0.2, 0.25) is 0 Å². The fourth-order valence-corrected chi connectivity index (χ4v) is 3.16. The van der Waals surface area contributed by atoms with Crippen LogP contribution in [-0.2, 0) is 9.59 Å². The number of rotatable bonds is 6. The Bertz CT molecular complexity index is 537. The summed E-state index contributed by atoms with van der Waals surface area (Å²) in [5, 5.41) is 5.77. The molecule has 1 saturated carbocycles. The van der Waals surface area contributed by atoms with Crippen LogP contribution in [0.4, 0.5) is 5.82 Å². The molecule has 1 aliphatic rings. The second-order valence-electron chi connectivity index (χ2n) is 7.35. The van der Waals surface area contributed by atoms with Crippen LogP contribution in [-0.4, -0.2) is 22.8 Å². The first-order valence-electron chi connectivity index (χ1n) is 8.98. The van der Waals surface area contributed by atoms with Crippen LogP contribution in [0.15, 0.2) is 24.4 Å². The van der Waals surface area contributed by atoms with E-state index in [0.717, 1.165) is 25.7 Å². The Balaban J connectivity index is 1.96. The third-order valence-corrected chi connectivity index (χ3v) is 4.64. The molecule has 0 spiro atoms. The average molecular weight is 331 g/mol. The zero-order chi connectivity index (χ0) is 17.5. The summed E-state index contributed by atoms with van der Waals surface area (Å²) in [4.78, 5) is 29.2. The number of carbonyl (C=O) groups is 2. The highest BCUT2D eigenvalue weighted by atomic mass is 16.2. The highest BCUT2D eigenvalue weighted by molar-refractivity contribution is 5.96. The molecule has 0 bridgehead atoms. The van der Waals surface area contributed by atoms with Gasteiger partial charge in [-0.15, -0.1) is 0 Å². The Kier molecular flexibility index (Phi) is 6.76. The normalized spacial score (nSPS) is 22.0. The molecular weight excluding hydrogens is 302 g/mol. The van der Waals surface area contributed by atoms with Gasteiger partial charge in [-0.05, 0) is 56.1 Å². The number of hydrogen-bond donors (Lipinski definition) is 2. The molecule has 2 amide bonds. The van der Waals surface area contributed by atoms with Gasteiger partial charge in [0.15, 0.2) is 0 Å². The van der Waals surface area contributed by atoms with Crippen molar-refractivity contribution in [1.29, 1.82) is 0 Å². The van der Waals surface area contributed by atoms with Gasteiger partial charge < -0.3 is 10.6 Å². The summed E-state index contributed by atoms with van der Waals surface area (Å²) in [5.74, 6) is 1.39. The quantitative estimate of drug-likeness (QED) is 0.839. The number of carbonyl (C=O) groups excluding carboxylic acids is 2. The molecule has 1 aliphatic carbocycles. The molecule has 2 rings (SSSR count). The summed E-state index contributed by atoms with van der Waals surface area (Å²) in [6, 6.07) is 4.85. The van der Waals surface area contributed by atoms with Gasteiger partial charge in [0.25, 0.3) is 0 Å². The molecule has 5 nitrogen and oxygen atoms in total. The van der Waals surface area contributed by atoms with E-state index in [1.807, 2.05) is 6.07 Å². The Hall–Kier alpha value is -1.91. The number of aromatic nitrogens is 1. The third-order valence-electron chi connectivity index (χ3n) is 4.64. The molecule has 0 unspecified atom stereocenters. The first kappa shape index (κ1) is 18.4. The van der Waals surface area contributed by atoms with Gasteiger partial charge in [-0.2, -0.15) is 0 Å². The molecule has 0 aromatic carbocycles. The lowest BCUT2D eigenvalue weighted by atomic mass is 9.82. The van der Waals surface area contributed by atoms with Crippen molar-refractivity contribution in [2.45, 2.75) is 58.9 Å². The highest BCUT2D eigenvalue weighted by Gasteiger charge is 2.28. The van der Waals surface area contributed by atoms with E-state index in [0.29, 0.717) is 24.1 Å². The smallest absolute Gasteiger partial charge is 0.248 e. The Morgan fingerprint density at radius 2 is 1.92 bits per heavy atom. The Morgan fingerprint density at radius 1 is 1.21 bits per heavy atom. The molecule has 132 valence electrons. The zero-order valence-corrected chi connectivity index (χ0v) is 14.9. The SMILES string of the molecule is CC(C)C[C@H](NC(=O)C1CCC(C)CC1)C(=O)Nc1ccccn1. The number of amides is 2. The Labute approximate surface area is 144 Å². The van der Waals surface area contributed by atoms with Gasteiger partial charge in [-0.25, -0.2) is 4.98 Å². The predicted molar refractivity (Wildman–Crippen MR) is 95.4 cm³/mol. The summed E-state index contributed by atoms with van der Waals surface area (Å²) in [6.07, 6.45) is 6.27. The highest BCUT2D eigenvalue weighted by Crippen LogP contribution is 2.28. The molecule has 5 heteroatoms. The second kappa shape index (κ2) is 8.81. The summed E-state index contributed by atoms with van der Waals surface area (Å²) >= 11 is 0. The number of nitrogens with zero attached hydrogens (tertiary/aromatic N) is 1. The van der Waals surface area contributed by atoms with Crippen LogP contribution in [0.5, 0.6) is 0 Å². The van der Waals surface area contributed by atoms with E-state index in [1.54, 1.807) is 18.3 Å². The summed E-state index contributed by atoms with van der Waals surface area (Å²) in [7, 11) is 0. The van der Waals surface area contributed by atoms with Gasteiger partial charge in [-0.1, -0.05) is 26.8 Å². The maximum Gasteiger partial charge on any atom is 0.248 e. The molecule has 1 fully saturated rings. The zero-order valence-electron chi connectivity index (χ0n) is 14.9. The Morgan fingerprint density at radius 3 is 2.50 bits per heavy atom. The van der Waals surface area contributed by atoms with Crippen LogP contribution in [0.1, 0.15) is 52.9 Å². The predicted octanol–water partition coefficient (Wildman–Crippen LogP) is 3.38. The number of hydrogen-bond acceptors (Lipinski definition) is 3. The van der Waals surface area contributed by atoms with Crippen LogP contribution < -0.4 is 10.6 Å². The van der Waals surface area contributed by atoms with E-state index < -0.39 is 6.04 Å². The average Bonchev–Trinajstić information content (AvgIpc) is 2.55. The van der Waals surface area contributed by atoms with Crippen LogP contribution in [0.25, 0.3) is 0 Å². The lowest BCUT2D eigenvalue weighted by Gasteiger charge is -2.27. The fourth-order valence-electron chi connectivity index (χ4n) is 3.16. The molecule has 2 N–H and O–H groups in total. The van der Waals surface area contributed by atoms with Gasteiger partial charge >= 0.3 is 0 Å². The van der Waals surface area contributed by atoms with E-state index in [1.165, 1.54) is 0 Å². The summed E-state index contributed by atoms with van der Waals surface area (Å²) in [6.45, 7) is 6.33. The molecular formula is C19H29N3O2. The van der Waals surface area contributed by atoms with Crippen molar-refractivity contribution in [3.05, 3.63) is 24.4 Å². The standard InChI is InChI=1S/C19H29N3O2/c1-13(2)12-16(19(24)22-17-6-4-5-11-20-17)21-18(23)15-9-7-14(3)8-10-15/h4-6,11,13-16H,7-10,12H2,1-3H3,(H,21,23)(H,20,22,24)/t14?,15?,16-/m0/s1. The molecule has 0 saturated heterocycles. The molecule has 24 heavy (non-hydrogen) atoms. The van der Waals surface area contributed by atoms with Gasteiger partial charge in [0.1, 0.15) is 11.9 Å². The van der Waals surface area contributed by atoms with Crippen LogP contribution in [0, 0.1) is 17.8 Å². The molecule has 1 heterocycles. The minimum atomic E-state index is -0.515. The lowest BCUT2D eigenvalue weighted by Crippen LogP contribution is -2.47. The summed E-state index contributed by atoms with van der Waals surface area (Å²) in [5.41, 5.74) is 0. The van der Waals surface area contributed by atoms with Gasteiger partial charge in [0, 0.05) is 12.1 Å². The van der Waals surface area contributed by atoms with E-state index in [2.05, 4.69) is 36.4 Å². The van der Waals surface area contributed by atoms with Gasteiger partial charge in [0.2, 0.25) is 11.8 Å². The molecule has 1 aromatic rings. The van der Waals surface area contributed by atoms with Crippen molar-refractivity contribution in [3.63, 3.8) is 0 Å². The first-order chi connectivity index (χ1) is 11.5. The first-order valence-corrected chi connectivity index (χ1v) is 8.98. The van der Waals surface area contributed by atoms with Crippen molar-refractivity contribution in [3.8, 4) is 0 Å². The summed E-state index contributed by atoms with van der Waals surface area (Å²) < 4.78 is 0. The topological polar surface area (TPSA) is 71.1 Å². The third kappa shape index (κ3) is 5.62. The van der Waals surface area contributed by atoms with E-state index in [4.69, 9.17) is 0 Å². The molecule has 0 aliphatic heterocycles. The number of anilines is 1. The van der Waals surface area contributed by atoms with Crippen molar-refractivity contribution in [2.24, 2.45) is 17.8 Å². The maximum absolute atomic E-state index is 12.6. The van der Waals surface area contributed by atoms with Crippen LogP contribution >= 0.6 is 0 Å². The molecule has 1 aromatic heterocycles. The largest absolute Gasteiger partial charge is 0.344 e. The van der Waals surface area contributed by atoms with Gasteiger partial charge in [0.05, 0.1) is 0 Å².